The number of carbonyl (C=O) groups excluding carboxylic acids is 1. The van der Waals surface area contributed by atoms with E-state index in [1.807, 2.05) is 6.92 Å². The van der Waals surface area contributed by atoms with Gasteiger partial charge < -0.3 is 14.8 Å². The number of esters is 1. The summed E-state index contributed by atoms with van der Waals surface area (Å²) in [4.78, 5) is 18.9. The lowest BCUT2D eigenvalue weighted by molar-refractivity contribution is 0.0342. The van der Waals surface area contributed by atoms with Gasteiger partial charge in [-0.15, -0.1) is 11.3 Å². The molecule has 0 aliphatic carbocycles. The molecule has 1 saturated heterocycles. The van der Waals surface area contributed by atoms with Crippen molar-refractivity contribution in [1.82, 2.24) is 9.88 Å². The largest absolute Gasteiger partial charge is 0.416 e. The van der Waals surface area contributed by atoms with Crippen LogP contribution in [0.3, 0.4) is 0 Å². The zero-order valence-electron chi connectivity index (χ0n) is 16.6. The quantitative estimate of drug-likeness (QED) is 0.158. The highest BCUT2D eigenvalue weighted by atomic mass is 32.1. The molecule has 2 heterocycles. The second kappa shape index (κ2) is 10.3. The van der Waals surface area contributed by atoms with Crippen molar-refractivity contribution in [3.8, 4) is 5.75 Å². The van der Waals surface area contributed by atoms with Crippen LogP contribution in [0.25, 0.3) is 0 Å². The maximum Gasteiger partial charge on any atom is 0.357 e. The Bertz CT molecular complexity index is 921. The summed E-state index contributed by atoms with van der Waals surface area (Å²) in [6, 6.07) is 0. The van der Waals surface area contributed by atoms with E-state index in [9.17, 15) is 26.7 Å². The number of nitrogens with one attached hydrogen (secondary N) is 1. The molecule has 0 spiro atoms. The summed E-state index contributed by atoms with van der Waals surface area (Å²) in [7, 11) is 0. The summed E-state index contributed by atoms with van der Waals surface area (Å²) in [5.41, 5.74) is 0. The smallest absolute Gasteiger partial charge is 0.357 e. The molecule has 0 radical (unpaired) electrons. The van der Waals surface area contributed by atoms with Gasteiger partial charge in [0, 0.05) is 19.6 Å². The Hall–Kier alpha value is -2.31. The summed E-state index contributed by atoms with van der Waals surface area (Å²) in [5, 5.41) is 3.49. The molecule has 1 aliphatic rings. The number of anilines is 1. The van der Waals surface area contributed by atoms with Gasteiger partial charge in [0.2, 0.25) is 34.8 Å². The third-order valence-electron chi connectivity index (χ3n) is 4.51. The van der Waals surface area contributed by atoms with Crippen LogP contribution >= 0.6 is 11.3 Å². The minimum Gasteiger partial charge on any atom is -0.416 e. The van der Waals surface area contributed by atoms with Crippen molar-refractivity contribution in [1.29, 1.82) is 0 Å². The number of morpholine rings is 1. The number of nitrogens with zero attached hydrogens (tertiary/aromatic N) is 2. The van der Waals surface area contributed by atoms with Crippen LogP contribution in [0.2, 0.25) is 0 Å². The predicted molar refractivity (Wildman–Crippen MR) is 103 cm³/mol. The standard InChI is InChI=1S/C19H20F5N3O3S/c1-2-3-4-25-18-17(31-10(26-18)9-27-5-7-29-8-6-27)19(28)30-16-14(23)12(21)11(20)13(22)15(16)24/h25H,2-9H2,1H3. The molecule has 1 aliphatic heterocycles. The minimum atomic E-state index is -2.33. The van der Waals surface area contributed by atoms with Crippen LogP contribution in [-0.2, 0) is 11.3 Å². The average Bonchev–Trinajstić information content (AvgIpc) is 3.17. The third-order valence-corrected chi connectivity index (χ3v) is 5.53. The number of aromatic nitrogens is 1. The number of hydrogen-bond acceptors (Lipinski definition) is 7. The van der Waals surface area contributed by atoms with E-state index in [1.165, 1.54) is 0 Å². The molecule has 1 fully saturated rings. The van der Waals surface area contributed by atoms with E-state index in [0.717, 1.165) is 24.2 Å². The average molecular weight is 465 g/mol. The van der Waals surface area contributed by atoms with Gasteiger partial charge in [0.1, 0.15) is 5.01 Å². The minimum absolute atomic E-state index is 0.122. The number of ether oxygens (including phenoxy) is 2. The molecule has 0 saturated carbocycles. The third kappa shape index (κ3) is 5.31. The van der Waals surface area contributed by atoms with Gasteiger partial charge in [0.25, 0.3) is 0 Å². The van der Waals surface area contributed by atoms with Crippen LogP contribution in [-0.4, -0.2) is 48.7 Å². The van der Waals surface area contributed by atoms with Gasteiger partial charge in [0.15, 0.2) is 10.7 Å². The predicted octanol–water partition coefficient (Wildman–Crippen LogP) is 4.10. The molecule has 170 valence electrons. The lowest BCUT2D eigenvalue weighted by atomic mass is 10.2. The van der Waals surface area contributed by atoms with Crippen LogP contribution in [0.1, 0.15) is 34.4 Å². The molecule has 0 amide bonds. The molecule has 1 aromatic heterocycles. The van der Waals surface area contributed by atoms with Crippen molar-refractivity contribution in [3.05, 3.63) is 39.0 Å². The van der Waals surface area contributed by atoms with Crippen LogP contribution in [0.15, 0.2) is 0 Å². The highest BCUT2D eigenvalue weighted by molar-refractivity contribution is 7.14. The molecule has 12 heteroatoms. The van der Waals surface area contributed by atoms with Crippen molar-refractivity contribution in [2.75, 3.05) is 38.2 Å². The molecule has 2 aromatic rings. The first-order valence-corrected chi connectivity index (χ1v) is 10.4. The van der Waals surface area contributed by atoms with E-state index < -0.39 is 40.8 Å². The van der Waals surface area contributed by atoms with Gasteiger partial charge in [-0.05, 0) is 6.42 Å². The van der Waals surface area contributed by atoms with E-state index >= 15 is 0 Å². The lowest BCUT2D eigenvalue weighted by Crippen LogP contribution is -2.35. The first kappa shape index (κ1) is 23.4. The fraction of sp³-hybridized carbons (Fsp3) is 0.474. The van der Waals surface area contributed by atoms with E-state index in [2.05, 4.69) is 19.9 Å². The number of carbonyl (C=O) groups is 1. The molecule has 0 atom stereocenters. The first-order valence-electron chi connectivity index (χ1n) is 9.60. The van der Waals surface area contributed by atoms with Gasteiger partial charge >= 0.3 is 5.97 Å². The van der Waals surface area contributed by atoms with Crippen LogP contribution in [0, 0.1) is 29.1 Å². The molecule has 3 rings (SSSR count). The van der Waals surface area contributed by atoms with Crippen molar-refractivity contribution >= 4 is 23.1 Å². The number of thiazole rings is 1. The highest BCUT2D eigenvalue weighted by Gasteiger charge is 2.30. The Morgan fingerprint density at radius 1 is 1.10 bits per heavy atom. The Balaban J connectivity index is 1.86. The maximum absolute atomic E-state index is 13.9. The number of halogens is 5. The Kier molecular flexibility index (Phi) is 7.79. The summed E-state index contributed by atoms with van der Waals surface area (Å²) in [6.07, 6.45) is 1.63. The fourth-order valence-electron chi connectivity index (χ4n) is 2.84. The Morgan fingerprint density at radius 2 is 1.71 bits per heavy atom. The topological polar surface area (TPSA) is 63.7 Å². The van der Waals surface area contributed by atoms with Gasteiger partial charge in [-0.25, -0.2) is 22.9 Å². The second-order valence-corrected chi connectivity index (χ2v) is 7.83. The van der Waals surface area contributed by atoms with Gasteiger partial charge in [-0.1, -0.05) is 13.3 Å². The number of benzene rings is 1. The monoisotopic (exact) mass is 465 g/mol. The SMILES string of the molecule is CCCCNc1nc(CN2CCOCC2)sc1C(=O)Oc1c(F)c(F)c(F)c(F)c1F. The van der Waals surface area contributed by atoms with Crippen LogP contribution in [0.5, 0.6) is 5.75 Å². The van der Waals surface area contributed by atoms with Crippen molar-refractivity contribution < 1.29 is 36.2 Å². The second-order valence-electron chi connectivity index (χ2n) is 6.74. The number of rotatable bonds is 8. The molecular formula is C19H20F5N3O3S. The van der Waals surface area contributed by atoms with Crippen molar-refractivity contribution in [2.24, 2.45) is 0 Å². The number of hydrogen-bond donors (Lipinski definition) is 1. The van der Waals surface area contributed by atoms with Gasteiger partial charge in [-0.2, -0.15) is 8.78 Å². The molecule has 6 nitrogen and oxygen atoms in total. The van der Waals surface area contributed by atoms with Gasteiger partial charge in [-0.3, -0.25) is 4.90 Å². The normalized spacial score (nSPS) is 14.6. The fourth-order valence-corrected chi connectivity index (χ4v) is 3.80. The van der Waals surface area contributed by atoms with E-state index in [-0.39, 0.29) is 10.7 Å². The Labute approximate surface area is 179 Å². The molecular weight excluding hydrogens is 445 g/mol. The van der Waals surface area contributed by atoms with Crippen LogP contribution in [0.4, 0.5) is 27.8 Å². The van der Waals surface area contributed by atoms with Crippen molar-refractivity contribution in [3.63, 3.8) is 0 Å². The molecule has 1 aromatic carbocycles. The lowest BCUT2D eigenvalue weighted by Gasteiger charge is -2.25. The summed E-state index contributed by atoms with van der Waals surface area (Å²) in [6.45, 7) is 5.30. The Morgan fingerprint density at radius 3 is 2.32 bits per heavy atom. The zero-order valence-corrected chi connectivity index (χ0v) is 17.4. The molecule has 31 heavy (non-hydrogen) atoms. The van der Waals surface area contributed by atoms with Gasteiger partial charge in [0.05, 0.1) is 19.8 Å². The zero-order chi connectivity index (χ0) is 22.5. The summed E-state index contributed by atoms with van der Waals surface area (Å²) < 4.78 is 77.7. The maximum atomic E-state index is 13.9. The van der Waals surface area contributed by atoms with Crippen molar-refractivity contribution in [2.45, 2.75) is 26.3 Å². The summed E-state index contributed by atoms with van der Waals surface area (Å²) >= 11 is 0.925. The van der Waals surface area contributed by atoms with E-state index in [1.54, 1.807) is 0 Å². The molecule has 0 unspecified atom stereocenters. The van der Waals surface area contributed by atoms with Crippen LogP contribution < -0.4 is 10.1 Å². The molecule has 1 N–H and O–H groups in total. The number of unbranched alkanes of at least 4 members (excludes halogenated alkanes) is 1. The molecule has 0 bridgehead atoms. The summed E-state index contributed by atoms with van der Waals surface area (Å²) in [5.74, 6) is -13.9. The first-order chi connectivity index (χ1) is 14.8. The van der Waals surface area contributed by atoms with E-state index in [4.69, 9.17) is 4.74 Å². The van der Waals surface area contributed by atoms with E-state index in [0.29, 0.717) is 44.4 Å². The highest BCUT2D eigenvalue weighted by Crippen LogP contribution is 2.32.